The normalized spacial score (nSPS) is 11.9. The monoisotopic (exact) mass is 258 g/mol. The molecule has 0 bridgehead atoms. The maximum atomic E-state index is 11.3. The Labute approximate surface area is 110 Å². The number of carbonyl (C=O) groups is 2. The lowest BCUT2D eigenvalue weighted by Gasteiger charge is -2.09. The van der Waals surface area contributed by atoms with E-state index in [1.54, 1.807) is 0 Å². The van der Waals surface area contributed by atoms with Gasteiger partial charge in [0.2, 0.25) is 0 Å². The molecule has 0 aliphatic carbocycles. The van der Waals surface area contributed by atoms with E-state index in [9.17, 15) is 9.59 Å². The summed E-state index contributed by atoms with van der Waals surface area (Å²) in [6.45, 7) is 7.06. The number of unbranched alkanes of at least 4 members (excludes halogenated alkanes) is 1. The van der Waals surface area contributed by atoms with E-state index in [1.807, 2.05) is 6.92 Å². The summed E-state index contributed by atoms with van der Waals surface area (Å²) in [5, 5.41) is 0. The Hall–Kier alpha value is -1.06. The summed E-state index contributed by atoms with van der Waals surface area (Å²) in [6.07, 6.45) is 3.99. The van der Waals surface area contributed by atoms with Gasteiger partial charge in [-0.25, -0.2) is 0 Å². The zero-order valence-corrected chi connectivity index (χ0v) is 11.9. The van der Waals surface area contributed by atoms with E-state index in [2.05, 4.69) is 13.8 Å². The molecule has 0 aliphatic heterocycles. The first-order chi connectivity index (χ1) is 8.60. The van der Waals surface area contributed by atoms with Gasteiger partial charge >= 0.3 is 11.9 Å². The third-order valence-corrected chi connectivity index (χ3v) is 2.70. The molecule has 0 fully saturated rings. The van der Waals surface area contributed by atoms with E-state index in [4.69, 9.17) is 9.47 Å². The number of hydrogen-bond acceptors (Lipinski definition) is 4. The largest absolute Gasteiger partial charge is 0.466 e. The first-order valence-electron chi connectivity index (χ1n) is 6.91. The lowest BCUT2D eigenvalue weighted by molar-refractivity contribution is -0.146. The Morgan fingerprint density at radius 1 is 1.00 bits per heavy atom. The fourth-order valence-corrected chi connectivity index (χ4v) is 1.25. The highest BCUT2D eigenvalue weighted by Gasteiger charge is 2.07. The van der Waals surface area contributed by atoms with E-state index in [0.29, 0.717) is 44.8 Å². The molecule has 0 N–H and O–H groups in total. The molecule has 0 aliphatic rings. The van der Waals surface area contributed by atoms with Crippen LogP contribution in [0.3, 0.4) is 0 Å². The second kappa shape index (κ2) is 11.1. The minimum Gasteiger partial charge on any atom is -0.466 e. The molecule has 18 heavy (non-hydrogen) atoms. The van der Waals surface area contributed by atoms with Crippen molar-refractivity contribution in [2.45, 2.75) is 59.3 Å². The molecule has 4 nitrogen and oxygen atoms in total. The van der Waals surface area contributed by atoms with Gasteiger partial charge in [-0.3, -0.25) is 9.59 Å². The van der Waals surface area contributed by atoms with Crippen LogP contribution in [0.25, 0.3) is 0 Å². The highest BCUT2D eigenvalue weighted by molar-refractivity contribution is 5.70. The van der Waals surface area contributed by atoms with Gasteiger partial charge in [0.05, 0.1) is 13.2 Å². The van der Waals surface area contributed by atoms with Crippen molar-refractivity contribution in [3.05, 3.63) is 0 Å². The van der Waals surface area contributed by atoms with Crippen molar-refractivity contribution in [3.8, 4) is 0 Å². The predicted octanol–water partition coefficient (Wildman–Crippen LogP) is 3.09. The van der Waals surface area contributed by atoms with Crippen LogP contribution in [0.1, 0.15) is 59.3 Å². The van der Waals surface area contributed by atoms with Crippen molar-refractivity contribution in [2.75, 3.05) is 13.2 Å². The van der Waals surface area contributed by atoms with Crippen LogP contribution in [-0.4, -0.2) is 25.2 Å². The summed E-state index contributed by atoms with van der Waals surface area (Å²) < 4.78 is 10.0. The van der Waals surface area contributed by atoms with Crippen molar-refractivity contribution in [3.63, 3.8) is 0 Å². The number of carbonyl (C=O) groups excluding carboxylic acids is 2. The lowest BCUT2D eigenvalue weighted by atomic mass is 10.1. The molecule has 0 saturated heterocycles. The Bertz CT molecular complexity index is 238. The van der Waals surface area contributed by atoms with Crippen molar-refractivity contribution in [1.82, 2.24) is 0 Å². The molecule has 0 radical (unpaired) electrons. The maximum Gasteiger partial charge on any atom is 0.305 e. The van der Waals surface area contributed by atoms with Gasteiger partial charge in [-0.1, -0.05) is 27.2 Å². The van der Waals surface area contributed by atoms with Gasteiger partial charge in [0.15, 0.2) is 0 Å². The average molecular weight is 258 g/mol. The van der Waals surface area contributed by atoms with Crippen LogP contribution < -0.4 is 0 Å². The fraction of sp³-hybridized carbons (Fsp3) is 0.857. The Balaban J connectivity index is 3.42. The van der Waals surface area contributed by atoms with Crippen LogP contribution in [0, 0.1) is 5.92 Å². The zero-order chi connectivity index (χ0) is 13.8. The molecule has 106 valence electrons. The van der Waals surface area contributed by atoms with E-state index in [-0.39, 0.29) is 11.9 Å². The number of ether oxygens (including phenoxy) is 2. The second-order valence-electron chi connectivity index (χ2n) is 4.62. The maximum absolute atomic E-state index is 11.3. The van der Waals surface area contributed by atoms with Gasteiger partial charge in [-0.15, -0.1) is 0 Å². The molecule has 0 amide bonds. The molecular weight excluding hydrogens is 232 g/mol. The van der Waals surface area contributed by atoms with E-state index >= 15 is 0 Å². The molecule has 0 aromatic carbocycles. The molecule has 0 aromatic rings. The van der Waals surface area contributed by atoms with Crippen LogP contribution in [0.15, 0.2) is 0 Å². The van der Waals surface area contributed by atoms with Crippen LogP contribution >= 0.6 is 0 Å². The van der Waals surface area contributed by atoms with Crippen LogP contribution in [0.4, 0.5) is 0 Å². The quantitative estimate of drug-likeness (QED) is 0.446. The highest BCUT2D eigenvalue weighted by Crippen LogP contribution is 2.05. The smallest absolute Gasteiger partial charge is 0.305 e. The van der Waals surface area contributed by atoms with Crippen molar-refractivity contribution >= 4 is 11.9 Å². The molecule has 0 aromatic heterocycles. The Morgan fingerprint density at radius 2 is 1.56 bits per heavy atom. The van der Waals surface area contributed by atoms with Gasteiger partial charge < -0.3 is 9.47 Å². The lowest BCUT2D eigenvalue weighted by Crippen LogP contribution is -2.11. The molecule has 0 rings (SSSR count). The summed E-state index contributed by atoms with van der Waals surface area (Å²) in [5.41, 5.74) is 0. The molecule has 0 heterocycles. The summed E-state index contributed by atoms with van der Waals surface area (Å²) in [5.74, 6) is 0.0695. The summed E-state index contributed by atoms with van der Waals surface area (Å²) >= 11 is 0. The van der Waals surface area contributed by atoms with E-state index < -0.39 is 0 Å². The van der Waals surface area contributed by atoms with Gasteiger partial charge in [-0.2, -0.15) is 0 Å². The van der Waals surface area contributed by atoms with Crippen molar-refractivity contribution in [1.29, 1.82) is 0 Å². The number of esters is 2. The minimum atomic E-state index is -0.176. The third kappa shape index (κ3) is 10.1. The minimum absolute atomic E-state index is 0.169. The summed E-state index contributed by atoms with van der Waals surface area (Å²) in [7, 11) is 0. The standard InChI is InChI=1S/C14H26O4/c1-4-10-17-13(15)8-6-7-9-14(16)18-11-12(3)5-2/h12H,4-11H2,1-3H3. The van der Waals surface area contributed by atoms with Crippen molar-refractivity contribution < 1.29 is 19.1 Å². The molecular formula is C14H26O4. The number of hydrogen-bond donors (Lipinski definition) is 0. The first-order valence-corrected chi connectivity index (χ1v) is 6.91. The van der Waals surface area contributed by atoms with Gasteiger partial charge in [0.1, 0.15) is 0 Å². The summed E-state index contributed by atoms with van der Waals surface area (Å²) in [4.78, 5) is 22.5. The SMILES string of the molecule is CCCOC(=O)CCCCC(=O)OCC(C)CC. The zero-order valence-electron chi connectivity index (χ0n) is 11.9. The Kier molecular flexibility index (Phi) is 10.4. The first kappa shape index (κ1) is 16.9. The highest BCUT2D eigenvalue weighted by atomic mass is 16.5. The van der Waals surface area contributed by atoms with Gasteiger partial charge in [-0.05, 0) is 25.2 Å². The summed E-state index contributed by atoms with van der Waals surface area (Å²) in [6, 6.07) is 0. The van der Waals surface area contributed by atoms with Gasteiger partial charge in [0.25, 0.3) is 0 Å². The average Bonchev–Trinajstić information content (AvgIpc) is 2.38. The van der Waals surface area contributed by atoms with Crippen LogP contribution in [-0.2, 0) is 19.1 Å². The molecule has 0 spiro atoms. The molecule has 1 unspecified atom stereocenters. The van der Waals surface area contributed by atoms with Crippen LogP contribution in [0.2, 0.25) is 0 Å². The van der Waals surface area contributed by atoms with Crippen molar-refractivity contribution in [2.24, 2.45) is 5.92 Å². The molecule has 0 saturated carbocycles. The predicted molar refractivity (Wildman–Crippen MR) is 70.1 cm³/mol. The van der Waals surface area contributed by atoms with E-state index in [1.165, 1.54) is 0 Å². The molecule has 4 heteroatoms. The Morgan fingerprint density at radius 3 is 2.06 bits per heavy atom. The number of rotatable bonds is 10. The van der Waals surface area contributed by atoms with E-state index in [0.717, 1.165) is 12.8 Å². The third-order valence-electron chi connectivity index (χ3n) is 2.70. The van der Waals surface area contributed by atoms with Gasteiger partial charge in [0, 0.05) is 12.8 Å². The second-order valence-corrected chi connectivity index (χ2v) is 4.62. The molecule has 1 atom stereocenters. The van der Waals surface area contributed by atoms with Crippen LogP contribution in [0.5, 0.6) is 0 Å². The fourth-order valence-electron chi connectivity index (χ4n) is 1.25. The topological polar surface area (TPSA) is 52.6 Å².